The fourth-order valence-electron chi connectivity index (χ4n) is 8.68. The van der Waals surface area contributed by atoms with Gasteiger partial charge in [0.15, 0.2) is 11.5 Å². The Kier molecular flexibility index (Phi) is 6.40. The monoisotopic (exact) mass is 584 g/mol. The predicted molar refractivity (Wildman–Crippen MR) is 155 cm³/mol. The third kappa shape index (κ3) is 3.93. The number of aliphatic hydroxyl groups is 1. The number of hydrogen-bond donors (Lipinski definition) is 3. The van der Waals surface area contributed by atoms with Crippen molar-refractivity contribution in [3.63, 3.8) is 0 Å². The fraction of sp³-hybridized carbons (Fsp3) is 0.594. The largest absolute Gasteiger partial charge is 0.504 e. The Morgan fingerprint density at radius 1 is 1.20 bits per heavy atom. The number of phenols is 1. The maximum atomic E-state index is 14.3. The number of ether oxygens (including phenoxy) is 1. The molecule has 6 nitrogen and oxygen atoms in total. The van der Waals surface area contributed by atoms with E-state index < -0.39 is 17.1 Å². The fourth-order valence-corrected chi connectivity index (χ4v) is 9.00. The number of carbonyl (C=O) groups is 1. The highest BCUT2D eigenvalue weighted by Gasteiger charge is 2.74. The number of hydrogen-bond acceptors (Lipinski definition) is 5. The second kappa shape index (κ2) is 9.52. The second-order valence-electron chi connectivity index (χ2n) is 13.3. The van der Waals surface area contributed by atoms with Crippen LogP contribution in [0, 0.1) is 17.8 Å². The van der Waals surface area contributed by atoms with Gasteiger partial charge < -0.3 is 25.2 Å². The van der Waals surface area contributed by atoms with Crippen LogP contribution in [0.4, 0.5) is 0 Å². The molecule has 6 atom stereocenters. The van der Waals surface area contributed by atoms with E-state index in [4.69, 9.17) is 27.9 Å². The lowest BCUT2D eigenvalue weighted by Crippen LogP contribution is -2.79. The molecule has 40 heavy (non-hydrogen) atoms. The number of nitrogens with one attached hydrogen (secondary N) is 1. The van der Waals surface area contributed by atoms with E-state index in [1.807, 2.05) is 12.1 Å². The normalized spacial score (nSPS) is 33.5. The van der Waals surface area contributed by atoms with Crippen molar-refractivity contribution in [1.82, 2.24) is 10.2 Å². The highest BCUT2D eigenvalue weighted by atomic mass is 35.5. The first-order valence-corrected chi connectivity index (χ1v) is 15.6. The summed E-state index contributed by atoms with van der Waals surface area (Å²) in [5, 5.41) is 28.3. The highest BCUT2D eigenvalue weighted by molar-refractivity contribution is 6.42. The van der Waals surface area contributed by atoms with Gasteiger partial charge in [-0.25, -0.2) is 0 Å². The smallest absolute Gasteiger partial charge is 0.227 e. The Morgan fingerprint density at radius 2 is 2.00 bits per heavy atom. The molecule has 1 saturated heterocycles. The van der Waals surface area contributed by atoms with Gasteiger partial charge in [0.25, 0.3) is 0 Å². The molecule has 3 aliphatic carbocycles. The van der Waals surface area contributed by atoms with Crippen molar-refractivity contribution in [2.45, 2.75) is 88.0 Å². The Labute approximate surface area is 246 Å². The molecule has 2 aliphatic heterocycles. The third-order valence-corrected chi connectivity index (χ3v) is 11.1. The minimum atomic E-state index is -1.01. The van der Waals surface area contributed by atoms with E-state index in [2.05, 4.69) is 24.1 Å². The number of rotatable bonds is 7. The molecule has 1 spiro atoms. The minimum absolute atomic E-state index is 0.0324. The van der Waals surface area contributed by atoms with Crippen LogP contribution in [0.1, 0.15) is 62.6 Å². The highest BCUT2D eigenvalue weighted by Crippen LogP contribution is 2.66. The molecule has 214 valence electrons. The van der Waals surface area contributed by atoms with Crippen molar-refractivity contribution in [3.05, 3.63) is 57.1 Å². The van der Waals surface area contributed by atoms with E-state index >= 15 is 0 Å². The number of phenolic OH excluding ortho intramolecular Hbond substituents is 1. The van der Waals surface area contributed by atoms with E-state index in [9.17, 15) is 15.0 Å². The molecule has 1 amide bonds. The molecule has 7 rings (SSSR count). The average molecular weight is 586 g/mol. The zero-order chi connectivity index (χ0) is 28.0. The van der Waals surface area contributed by atoms with Gasteiger partial charge in [-0.2, -0.15) is 0 Å². The molecule has 2 aromatic rings. The standard InChI is InChI=1S/C32H38Cl2N2O4/c1-17(2)16-36(26(38)13-19-5-7-22(33)23(34)12-19)28-21(11-18-3-4-18)15-32(39)25-14-20-6-8-24(37)29-27(20)31(32,9-10-35-25)30(28)40-29/h5-8,12,17-18,21,25,28,30,35,37,39H,3-4,9-11,13-16H2,1-2H3/t21?,25-,28-,30+,31+,32-/m1/s1. The van der Waals surface area contributed by atoms with Crippen molar-refractivity contribution < 1.29 is 19.7 Å². The second-order valence-corrected chi connectivity index (χ2v) is 14.2. The van der Waals surface area contributed by atoms with E-state index in [-0.39, 0.29) is 42.0 Å². The van der Waals surface area contributed by atoms with Crippen molar-refractivity contribution in [2.24, 2.45) is 17.8 Å². The maximum Gasteiger partial charge on any atom is 0.227 e. The number of benzene rings is 2. The van der Waals surface area contributed by atoms with Crippen LogP contribution in [0.5, 0.6) is 11.5 Å². The van der Waals surface area contributed by atoms with Gasteiger partial charge in [-0.15, -0.1) is 0 Å². The van der Waals surface area contributed by atoms with Gasteiger partial charge in [0.05, 0.1) is 33.5 Å². The predicted octanol–water partition coefficient (Wildman–Crippen LogP) is 5.26. The van der Waals surface area contributed by atoms with E-state index in [0.717, 1.165) is 29.7 Å². The van der Waals surface area contributed by atoms with Crippen LogP contribution in [0.3, 0.4) is 0 Å². The molecule has 2 saturated carbocycles. The minimum Gasteiger partial charge on any atom is -0.504 e. The molecule has 2 bridgehead atoms. The Morgan fingerprint density at radius 3 is 2.73 bits per heavy atom. The zero-order valence-corrected chi connectivity index (χ0v) is 24.6. The zero-order valence-electron chi connectivity index (χ0n) is 23.1. The first-order chi connectivity index (χ1) is 19.1. The summed E-state index contributed by atoms with van der Waals surface area (Å²) in [7, 11) is 0. The van der Waals surface area contributed by atoms with Crippen LogP contribution in [0.25, 0.3) is 0 Å². The van der Waals surface area contributed by atoms with Crippen molar-refractivity contribution in [1.29, 1.82) is 0 Å². The first-order valence-electron chi connectivity index (χ1n) is 14.8. The molecule has 1 unspecified atom stereocenters. The molecule has 2 aromatic carbocycles. The molecule has 3 N–H and O–H groups in total. The Balaban J connectivity index is 1.35. The molecular weight excluding hydrogens is 547 g/mol. The van der Waals surface area contributed by atoms with Gasteiger partial charge in [0.2, 0.25) is 5.91 Å². The molecule has 0 aromatic heterocycles. The molecule has 8 heteroatoms. The van der Waals surface area contributed by atoms with Crippen LogP contribution in [0.2, 0.25) is 10.0 Å². The molecule has 2 heterocycles. The molecule has 0 radical (unpaired) electrons. The maximum absolute atomic E-state index is 14.3. The van der Waals surface area contributed by atoms with Crippen LogP contribution >= 0.6 is 23.2 Å². The van der Waals surface area contributed by atoms with Crippen molar-refractivity contribution in [3.8, 4) is 11.5 Å². The van der Waals surface area contributed by atoms with E-state index in [1.54, 1.807) is 18.2 Å². The topological polar surface area (TPSA) is 82.0 Å². The number of amides is 1. The van der Waals surface area contributed by atoms with Crippen molar-refractivity contribution in [2.75, 3.05) is 13.1 Å². The Hall–Kier alpha value is -1.99. The third-order valence-electron chi connectivity index (χ3n) is 10.4. The summed E-state index contributed by atoms with van der Waals surface area (Å²) in [4.78, 5) is 16.4. The van der Waals surface area contributed by atoms with Crippen molar-refractivity contribution >= 4 is 29.1 Å². The summed E-state index contributed by atoms with van der Waals surface area (Å²) < 4.78 is 6.85. The number of carbonyl (C=O) groups excluding carboxylic acids is 1. The lowest BCUT2D eigenvalue weighted by Gasteiger charge is -2.64. The Bertz CT molecular complexity index is 1360. The quantitative estimate of drug-likeness (QED) is 0.413. The summed E-state index contributed by atoms with van der Waals surface area (Å²) in [6, 6.07) is 8.81. The SMILES string of the molecule is CC(C)CN(C(=O)Cc1ccc(Cl)c(Cl)c1)[C@@H]1C(CC2CC2)C[C@@]2(O)[C@H]3Cc4ccc(O)c5c4[C@@]2(CCN3)[C@H]1O5. The van der Waals surface area contributed by atoms with Crippen LogP contribution in [0.15, 0.2) is 30.3 Å². The average Bonchev–Trinajstić information content (AvgIpc) is 3.63. The van der Waals surface area contributed by atoms with Gasteiger partial charge in [0, 0.05) is 18.2 Å². The molecule has 3 fully saturated rings. The van der Waals surface area contributed by atoms with Gasteiger partial charge in [-0.05, 0) is 79.3 Å². The van der Waals surface area contributed by atoms with Gasteiger partial charge in [-0.1, -0.05) is 62.0 Å². The number of nitrogens with zero attached hydrogens (tertiary/aromatic N) is 1. The van der Waals surface area contributed by atoms with E-state index in [0.29, 0.717) is 47.5 Å². The lowest BCUT2D eigenvalue weighted by atomic mass is 9.46. The van der Waals surface area contributed by atoms with Crippen LogP contribution < -0.4 is 10.1 Å². The summed E-state index contributed by atoms with van der Waals surface area (Å²) in [6.45, 7) is 5.64. The van der Waals surface area contributed by atoms with E-state index in [1.165, 1.54) is 12.8 Å². The first kappa shape index (κ1) is 26.9. The molecular formula is C32H38Cl2N2O4. The summed E-state index contributed by atoms with van der Waals surface area (Å²) in [5.74, 6) is 1.63. The van der Waals surface area contributed by atoms with Gasteiger partial charge >= 0.3 is 0 Å². The van der Waals surface area contributed by atoms with Gasteiger partial charge in [0.1, 0.15) is 6.10 Å². The molecule has 5 aliphatic rings. The van der Waals surface area contributed by atoms with Crippen LogP contribution in [-0.4, -0.2) is 57.9 Å². The van der Waals surface area contributed by atoms with Gasteiger partial charge in [-0.3, -0.25) is 4.79 Å². The lowest BCUT2D eigenvalue weighted by molar-refractivity contribution is -0.193. The number of aromatic hydroxyl groups is 1. The summed E-state index contributed by atoms with van der Waals surface area (Å²) in [5.41, 5.74) is 1.26. The number of halogens is 2. The number of piperidine rings is 1. The summed E-state index contributed by atoms with van der Waals surface area (Å²) >= 11 is 12.5. The van der Waals surface area contributed by atoms with Crippen LogP contribution in [-0.2, 0) is 23.1 Å². The summed E-state index contributed by atoms with van der Waals surface area (Å²) in [6.07, 6.45) is 5.20.